The van der Waals surface area contributed by atoms with E-state index < -0.39 is 0 Å². The third-order valence-electron chi connectivity index (χ3n) is 1.79. The van der Waals surface area contributed by atoms with Crippen molar-refractivity contribution >= 4 is 12.0 Å². The second-order valence-electron chi connectivity index (χ2n) is 2.75. The molecule has 4 nitrogen and oxygen atoms in total. The summed E-state index contributed by atoms with van der Waals surface area (Å²) in [5, 5.41) is 2.54. The van der Waals surface area contributed by atoms with Crippen LogP contribution in [0.15, 0.2) is 29.6 Å². The molecule has 0 heterocycles. The molecular weight excluding hydrogens is 168 g/mol. The van der Waals surface area contributed by atoms with Crippen LogP contribution in [0, 0.1) is 4.91 Å². The zero-order valence-corrected chi connectivity index (χ0v) is 7.23. The predicted molar refractivity (Wildman–Crippen MR) is 50.3 cm³/mol. The van der Waals surface area contributed by atoms with Gasteiger partial charge in [-0.1, -0.05) is 19.1 Å². The van der Waals surface area contributed by atoms with Crippen LogP contribution in [0.1, 0.15) is 18.4 Å². The highest BCUT2D eigenvalue weighted by atomic mass is 16.3. The monoisotopic (exact) mass is 178 g/mol. The molecule has 68 valence electrons. The van der Waals surface area contributed by atoms with Gasteiger partial charge < -0.3 is 4.79 Å². The van der Waals surface area contributed by atoms with Crippen LogP contribution in [-0.4, -0.2) is 6.29 Å². The fourth-order valence-corrected chi connectivity index (χ4v) is 1.02. The van der Waals surface area contributed by atoms with Crippen molar-refractivity contribution in [2.24, 2.45) is 5.29 Å². The van der Waals surface area contributed by atoms with Crippen LogP contribution in [0.25, 0.3) is 0 Å². The van der Waals surface area contributed by atoms with E-state index in [4.69, 9.17) is 0 Å². The summed E-state index contributed by atoms with van der Waals surface area (Å²) >= 11 is 0. The number of hydrogen-bond donors (Lipinski definition) is 1. The zero-order chi connectivity index (χ0) is 9.68. The molecule has 1 aromatic rings. The molecule has 0 fully saturated rings. The van der Waals surface area contributed by atoms with Crippen molar-refractivity contribution in [3.63, 3.8) is 0 Å². The predicted octanol–water partition coefficient (Wildman–Crippen LogP) is 2.08. The number of aldehydes is 1. The van der Waals surface area contributed by atoms with Gasteiger partial charge in [0.1, 0.15) is 6.29 Å². The highest BCUT2D eigenvalue weighted by molar-refractivity contribution is 5.63. The molecule has 1 N–H and O–H groups in total. The molecule has 1 aromatic carbocycles. The number of nitroso groups, excluding NO2 is 1. The van der Waals surface area contributed by atoms with Gasteiger partial charge >= 0.3 is 0 Å². The molecule has 13 heavy (non-hydrogen) atoms. The Morgan fingerprint density at radius 1 is 1.54 bits per heavy atom. The van der Waals surface area contributed by atoms with E-state index in [2.05, 4.69) is 10.7 Å². The standard InChI is InChI=1S/C9H10N2O2/c1-7(6-12)8-3-2-4-9(5-8)10-11-13/h2-7H,1H3,(H,10,13). The van der Waals surface area contributed by atoms with E-state index in [0.29, 0.717) is 5.69 Å². The molecule has 0 saturated heterocycles. The first-order valence-corrected chi connectivity index (χ1v) is 3.91. The number of carbonyl (C=O) groups is 1. The Morgan fingerprint density at radius 2 is 2.31 bits per heavy atom. The first kappa shape index (κ1) is 9.38. The van der Waals surface area contributed by atoms with Crippen molar-refractivity contribution in [2.75, 3.05) is 5.43 Å². The lowest BCUT2D eigenvalue weighted by Crippen LogP contribution is -1.95. The normalized spacial score (nSPS) is 11.8. The van der Waals surface area contributed by atoms with E-state index in [0.717, 1.165) is 11.8 Å². The summed E-state index contributed by atoms with van der Waals surface area (Å²) in [6.45, 7) is 1.79. The van der Waals surface area contributed by atoms with Gasteiger partial charge in [-0.2, -0.15) is 0 Å². The summed E-state index contributed by atoms with van der Waals surface area (Å²) < 4.78 is 0. The van der Waals surface area contributed by atoms with Crippen molar-refractivity contribution in [2.45, 2.75) is 12.8 Å². The average molecular weight is 178 g/mol. The number of nitrogens with one attached hydrogen (secondary N) is 1. The second-order valence-corrected chi connectivity index (χ2v) is 2.75. The molecule has 0 bridgehead atoms. The van der Waals surface area contributed by atoms with Crippen LogP contribution in [0.2, 0.25) is 0 Å². The Morgan fingerprint density at radius 3 is 2.92 bits per heavy atom. The highest BCUT2D eigenvalue weighted by Gasteiger charge is 2.03. The number of anilines is 1. The molecule has 0 saturated carbocycles. The van der Waals surface area contributed by atoms with Gasteiger partial charge in [0.05, 0.1) is 11.0 Å². The first-order valence-electron chi connectivity index (χ1n) is 3.91. The number of carbonyl (C=O) groups excluding carboxylic acids is 1. The summed E-state index contributed by atoms with van der Waals surface area (Å²) in [7, 11) is 0. The molecule has 4 heteroatoms. The summed E-state index contributed by atoms with van der Waals surface area (Å²) in [6, 6.07) is 7.03. The van der Waals surface area contributed by atoms with Crippen LogP contribution < -0.4 is 5.43 Å². The average Bonchev–Trinajstić information content (AvgIpc) is 2.18. The lowest BCUT2D eigenvalue weighted by atomic mass is 10.0. The minimum Gasteiger partial charge on any atom is -0.303 e. The summed E-state index contributed by atoms with van der Waals surface area (Å²) in [5.74, 6) is -0.159. The molecule has 1 rings (SSSR count). The lowest BCUT2D eigenvalue weighted by molar-refractivity contribution is -0.108. The molecule has 0 aliphatic carbocycles. The van der Waals surface area contributed by atoms with Gasteiger partial charge in [0.15, 0.2) is 0 Å². The van der Waals surface area contributed by atoms with Crippen LogP contribution in [-0.2, 0) is 4.79 Å². The van der Waals surface area contributed by atoms with Gasteiger partial charge in [-0.05, 0) is 17.7 Å². The van der Waals surface area contributed by atoms with Gasteiger partial charge in [0.2, 0.25) is 0 Å². The topological polar surface area (TPSA) is 58.5 Å². The Labute approximate surface area is 75.9 Å². The van der Waals surface area contributed by atoms with Crippen LogP contribution in [0.5, 0.6) is 0 Å². The Kier molecular flexibility index (Phi) is 3.14. The van der Waals surface area contributed by atoms with E-state index in [9.17, 15) is 9.70 Å². The minimum absolute atomic E-state index is 0.159. The summed E-state index contributed by atoms with van der Waals surface area (Å²) in [6.07, 6.45) is 0.855. The van der Waals surface area contributed by atoms with Gasteiger partial charge in [0.25, 0.3) is 0 Å². The van der Waals surface area contributed by atoms with E-state index in [-0.39, 0.29) is 5.92 Å². The Bertz CT molecular complexity index is 312. The van der Waals surface area contributed by atoms with Crippen molar-refractivity contribution in [1.82, 2.24) is 0 Å². The third-order valence-corrected chi connectivity index (χ3v) is 1.79. The number of nitrogens with zero attached hydrogens (tertiary/aromatic N) is 1. The minimum atomic E-state index is -0.159. The van der Waals surface area contributed by atoms with E-state index in [1.54, 1.807) is 25.1 Å². The highest BCUT2D eigenvalue weighted by Crippen LogP contribution is 2.17. The SMILES string of the molecule is CC(C=O)c1cccc(NN=O)c1. The maximum Gasteiger partial charge on any atom is 0.127 e. The van der Waals surface area contributed by atoms with E-state index >= 15 is 0 Å². The maximum absolute atomic E-state index is 10.5. The van der Waals surface area contributed by atoms with Crippen molar-refractivity contribution in [1.29, 1.82) is 0 Å². The van der Waals surface area contributed by atoms with Crippen LogP contribution in [0.3, 0.4) is 0 Å². The zero-order valence-electron chi connectivity index (χ0n) is 7.23. The number of benzene rings is 1. The maximum atomic E-state index is 10.5. The molecule has 0 spiro atoms. The molecule has 0 amide bonds. The number of hydrogen-bond acceptors (Lipinski definition) is 3. The van der Waals surface area contributed by atoms with Gasteiger partial charge in [-0.25, -0.2) is 5.43 Å². The molecule has 1 atom stereocenters. The fourth-order valence-electron chi connectivity index (χ4n) is 1.02. The third kappa shape index (κ3) is 2.37. The second kappa shape index (κ2) is 4.35. The molecule has 0 aliphatic heterocycles. The summed E-state index contributed by atoms with van der Waals surface area (Å²) in [4.78, 5) is 20.4. The quantitative estimate of drug-likeness (QED) is 0.436. The summed E-state index contributed by atoms with van der Waals surface area (Å²) in [5.41, 5.74) is 3.74. The fraction of sp³-hybridized carbons (Fsp3) is 0.222. The molecule has 0 aromatic heterocycles. The lowest BCUT2D eigenvalue weighted by Gasteiger charge is -2.04. The van der Waals surface area contributed by atoms with E-state index in [1.807, 2.05) is 6.07 Å². The van der Waals surface area contributed by atoms with Gasteiger partial charge in [0, 0.05) is 5.92 Å². The van der Waals surface area contributed by atoms with Gasteiger partial charge in [-0.15, -0.1) is 4.91 Å². The largest absolute Gasteiger partial charge is 0.303 e. The molecule has 0 radical (unpaired) electrons. The van der Waals surface area contributed by atoms with E-state index in [1.165, 1.54) is 0 Å². The van der Waals surface area contributed by atoms with Crippen molar-refractivity contribution in [3.05, 3.63) is 34.7 Å². The van der Waals surface area contributed by atoms with Crippen LogP contribution >= 0.6 is 0 Å². The van der Waals surface area contributed by atoms with Crippen molar-refractivity contribution in [3.8, 4) is 0 Å². The van der Waals surface area contributed by atoms with Gasteiger partial charge in [-0.3, -0.25) is 0 Å². The molecule has 0 aliphatic rings. The Balaban J connectivity index is 2.90. The van der Waals surface area contributed by atoms with Crippen molar-refractivity contribution < 1.29 is 4.79 Å². The van der Waals surface area contributed by atoms with Crippen LogP contribution in [0.4, 0.5) is 5.69 Å². The number of rotatable bonds is 4. The Hall–Kier alpha value is -1.71. The first-order chi connectivity index (χ1) is 6.27. The molecular formula is C9H10N2O2. The molecule has 1 unspecified atom stereocenters. The smallest absolute Gasteiger partial charge is 0.127 e.